The zero-order valence-electron chi connectivity index (χ0n) is 36.4. The Hall–Kier alpha value is -1.97. The molecule has 8 atom stereocenters. The standard InChI is InChI=1S/C45H79O14P/c1-3-5-7-9-11-12-13-14-15-16-19-23-27-31-38(46)55-33-35(34-56-60(53,54)59-45-43(51)41(49)40(48)42(50)44(45)52)57-39(47)32-28-24-20-17-18-22-26-30-37-36(58-37)29-25-21-10-8-6-4-2/h17,20-22,25-26,35-37,40-45,48-52H,3-16,18-19,23-24,27-34H2,1-2H3,(H,53,54). The lowest BCUT2D eigenvalue weighted by atomic mass is 9.85. The number of ether oxygens (including phenoxy) is 3. The van der Waals surface area contributed by atoms with Gasteiger partial charge in [-0.15, -0.1) is 0 Å². The maximum Gasteiger partial charge on any atom is 0.472 e. The highest BCUT2D eigenvalue weighted by Gasteiger charge is 2.51. The summed E-state index contributed by atoms with van der Waals surface area (Å²) in [6.45, 7) is 3.21. The van der Waals surface area contributed by atoms with Gasteiger partial charge in [-0.2, -0.15) is 0 Å². The van der Waals surface area contributed by atoms with Gasteiger partial charge in [-0.25, -0.2) is 4.57 Å². The van der Waals surface area contributed by atoms with Gasteiger partial charge in [0.05, 0.1) is 18.8 Å². The molecule has 0 spiro atoms. The predicted molar refractivity (Wildman–Crippen MR) is 230 cm³/mol. The van der Waals surface area contributed by atoms with E-state index in [9.17, 15) is 44.6 Å². The smallest absolute Gasteiger partial charge is 0.462 e. The SMILES string of the molecule is CCCCCC=CCC1OC1CC=CCC=CCCCC(=O)OC(COC(=O)CCCCCCCCCCCCCCC)COP(=O)(O)OC1C(O)C(O)C(O)C(O)C1O. The molecule has 14 nitrogen and oxygen atoms in total. The van der Waals surface area contributed by atoms with Gasteiger partial charge in [0, 0.05) is 12.8 Å². The van der Waals surface area contributed by atoms with E-state index in [0.717, 1.165) is 44.9 Å². The number of phosphoric ester groups is 1. The number of unbranched alkanes of at least 4 members (excludes halogenated alkanes) is 16. The minimum absolute atomic E-state index is 0.0168. The van der Waals surface area contributed by atoms with Crippen LogP contribution in [-0.4, -0.2) is 111 Å². The summed E-state index contributed by atoms with van der Waals surface area (Å²) >= 11 is 0. The van der Waals surface area contributed by atoms with Gasteiger partial charge in [-0.3, -0.25) is 18.6 Å². The third-order valence-electron chi connectivity index (χ3n) is 10.9. The molecule has 1 heterocycles. The van der Waals surface area contributed by atoms with Crippen LogP contribution in [0.4, 0.5) is 0 Å². The van der Waals surface area contributed by atoms with Crippen molar-refractivity contribution in [3.05, 3.63) is 36.5 Å². The molecule has 1 aliphatic heterocycles. The first-order valence-electron chi connectivity index (χ1n) is 22.9. The zero-order chi connectivity index (χ0) is 44.0. The van der Waals surface area contributed by atoms with Crippen molar-refractivity contribution < 1.29 is 67.8 Å². The Labute approximate surface area is 359 Å². The van der Waals surface area contributed by atoms with E-state index in [4.69, 9.17) is 23.3 Å². The molecule has 348 valence electrons. The van der Waals surface area contributed by atoms with E-state index in [1.54, 1.807) is 0 Å². The number of phosphoric acid groups is 1. The first kappa shape index (κ1) is 54.2. The Morgan fingerprint density at radius 2 is 1.05 bits per heavy atom. The normalized spacial score (nSPS) is 25.9. The number of rotatable bonds is 36. The molecular formula is C45H79O14P. The van der Waals surface area contributed by atoms with Gasteiger partial charge < -0.3 is 44.6 Å². The molecule has 0 amide bonds. The van der Waals surface area contributed by atoms with E-state index in [1.165, 1.54) is 77.0 Å². The number of hydrogen-bond acceptors (Lipinski definition) is 13. The first-order valence-corrected chi connectivity index (χ1v) is 24.4. The maximum atomic E-state index is 12.8. The second kappa shape index (κ2) is 32.7. The minimum atomic E-state index is -5.13. The van der Waals surface area contributed by atoms with Crippen LogP contribution in [0.25, 0.3) is 0 Å². The summed E-state index contributed by atoms with van der Waals surface area (Å²) in [6.07, 6.45) is 23.8. The van der Waals surface area contributed by atoms with E-state index in [0.29, 0.717) is 25.4 Å². The van der Waals surface area contributed by atoms with Gasteiger partial charge in [0.15, 0.2) is 6.10 Å². The summed E-state index contributed by atoms with van der Waals surface area (Å²) in [7, 11) is -5.13. The fourth-order valence-electron chi connectivity index (χ4n) is 7.03. The van der Waals surface area contributed by atoms with Gasteiger partial charge in [-0.1, -0.05) is 140 Å². The van der Waals surface area contributed by atoms with Crippen LogP contribution in [0.5, 0.6) is 0 Å². The van der Waals surface area contributed by atoms with Gasteiger partial charge >= 0.3 is 19.8 Å². The minimum Gasteiger partial charge on any atom is -0.462 e. The molecule has 60 heavy (non-hydrogen) atoms. The summed E-state index contributed by atoms with van der Waals surface area (Å²) in [5.41, 5.74) is 0. The number of aliphatic hydroxyl groups is 5. The quantitative estimate of drug-likeness (QED) is 0.0117. The summed E-state index contributed by atoms with van der Waals surface area (Å²) in [4.78, 5) is 35.7. The molecule has 0 bridgehead atoms. The molecule has 8 unspecified atom stereocenters. The molecular weight excluding hydrogens is 795 g/mol. The number of aliphatic hydroxyl groups excluding tert-OH is 5. The second-order valence-corrected chi connectivity index (χ2v) is 17.7. The maximum absolute atomic E-state index is 12.8. The number of epoxide rings is 1. The average molecular weight is 875 g/mol. The average Bonchev–Trinajstić information content (AvgIpc) is 3.99. The summed E-state index contributed by atoms with van der Waals surface area (Å²) in [6, 6.07) is 0. The summed E-state index contributed by atoms with van der Waals surface area (Å²) in [5, 5.41) is 50.1. The largest absolute Gasteiger partial charge is 0.472 e. The number of hydrogen-bond donors (Lipinski definition) is 6. The molecule has 1 saturated heterocycles. The van der Waals surface area contributed by atoms with Crippen molar-refractivity contribution in [2.45, 2.75) is 223 Å². The van der Waals surface area contributed by atoms with Crippen LogP contribution >= 0.6 is 7.82 Å². The molecule has 2 aliphatic rings. The lowest BCUT2D eigenvalue weighted by Gasteiger charge is -2.41. The Balaban J connectivity index is 1.74. The van der Waals surface area contributed by atoms with E-state index >= 15 is 0 Å². The number of allylic oxidation sites excluding steroid dienone is 4. The molecule has 0 radical (unpaired) electrons. The van der Waals surface area contributed by atoms with Crippen molar-refractivity contribution in [3.63, 3.8) is 0 Å². The van der Waals surface area contributed by atoms with Crippen molar-refractivity contribution in [2.24, 2.45) is 0 Å². The molecule has 1 saturated carbocycles. The van der Waals surface area contributed by atoms with Crippen LogP contribution in [0.3, 0.4) is 0 Å². The van der Waals surface area contributed by atoms with E-state index in [-0.39, 0.29) is 18.9 Å². The first-order chi connectivity index (χ1) is 28.9. The third-order valence-corrected chi connectivity index (χ3v) is 11.9. The molecule has 1 aliphatic carbocycles. The van der Waals surface area contributed by atoms with Gasteiger partial charge in [0.2, 0.25) is 0 Å². The van der Waals surface area contributed by atoms with Crippen LogP contribution in [0.2, 0.25) is 0 Å². The van der Waals surface area contributed by atoms with Crippen molar-refractivity contribution >= 4 is 19.8 Å². The molecule has 0 aromatic rings. The summed E-state index contributed by atoms with van der Waals surface area (Å²) < 4.78 is 39.2. The van der Waals surface area contributed by atoms with Crippen molar-refractivity contribution in [3.8, 4) is 0 Å². The van der Waals surface area contributed by atoms with Crippen LogP contribution in [0.1, 0.15) is 168 Å². The summed E-state index contributed by atoms with van der Waals surface area (Å²) in [5.74, 6) is -1.17. The molecule has 2 rings (SSSR count). The van der Waals surface area contributed by atoms with Gasteiger partial charge in [0.1, 0.15) is 43.2 Å². The monoisotopic (exact) mass is 875 g/mol. The lowest BCUT2D eigenvalue weighted by Crippen LogP contribution is -2.64. The van der Waals surface area contributed by atoms with Crippen molar-refractivity contribution in [1.82, 2.24) is 0 Å². The molecule has 0 aromatic heterocycles. The Morgan fingerprint density at radius 1 is 0.583 bits per heavy atom. The molecule has 2 fully saturated rings. The third kappa shape index (κ3) is 24.6. The molecule has 15 heteroatoms. The molecule has 0 aromatic carbocycles. The second-order valence-electron chi connectivity index (χ2n) is 16.3. The van der Waals surface area contributed by atoms with E-state index < -0.39 is 75.7 Å². The van der Waals surface area contributed by atoms with Gasteiger partial charge in [0.25, 0.3) is 0 Å². The van der Waals surface area contributed by atoms with E-state index in [1.807, 2.05) is 12.2 Å². The number of carbonyl (C=O) groups is 2. The number of carbonyl (C=O) groups excluding carboxylic acids is 2. The van der Waals surface area contributed by atoms with Gasteiger partial charge in [-0.05, 0) is 51.4 Å². The topological polar surface area (TPSA) is 222 Å². The fraction of sp³-hybridized carbons (Fsp3) is 0.822. The van der Waals surface area contributed by atoms with Crippen LogP contribution in [0.15, 0.2) is 36.5 Å². The Bertz CT molecular complexity index is 1260. The van der Waals surface area contributed by atoms with Crippen LogP contribution in [0, 0.1) is 0 Å². The van der Waals surface area contributed by atoms with Crippen LogP contribution < -0.4 is 0 Å². The Kier molecular flexibility index (Phi) is 29.5. The fourth-order valence-corrected chi connectivity index (χ4v) is 8.00. The highest BCUT2D eigenvalue weighted by atomic mass is 31.2. The zero-order valence-corrected chi connectivity index (χ0v) is 37.3. The predicted octanol–water partition coefficient (Wildman–Crippen LogP) is 7.60. The number of esters is 2. The van der Waals surface area contributed by atoms with Crippen molar-refractivity contribution in [2.75, 3.05) is 13.2 Å². The van der Waals surface area contributed by atoms with Crippen molar-refractivity contribution in [1.29, 1.82) is 0 Å². The highest BCUT2D eigenvalue weighted by molar-refractivity contribution is 7.47. The van der Waals surface area contributed by atoms with E-state index in [2.05, 4.69) is 38.2 Å². The highest BCUT2D eigenvalue weighted by Crippen LogP contribution is 2.47. The van der Waals surface area contributed by atoms with Crippen LogP contribution in [-0.2, 0) is 37.4 Å². The Morgan fingerprint density at radius 3 is 1.65 bits per heavy atom. The molecule has 6 N–H and O–H groups in total. The lowest BCUT2D eigenvalue weighted by molar-refractivity contribution is -0.220.